The number of rotatable bonds is 9. The van der Waals surface area contributed by atoms with Gasteiger partial charge in [-0.2, -0.15) is 0 Å². The Bertz CT molecular complexity index is 602. The smallest absolute Gasteiger partial charge is 0.289 e. The van der Waals surface area contributed by atoms with Crippen LogP contribution >= 0.6 is 0 Å². The van der Waals surface area contributed by atoms with E-state index in [2.05, 4.69) is 38.0 Å². The minimum atomic E-state index is -0.0105. The Morgan fingerprint density at radius 1 is 0.917 bits per heavy atom. The van der Waals surface area contributed by atoms with Gasteiger partial charge in [-0.1, -0.05) is 18.2 Å². The number of furan rings is 1. The molecule has 1 aromatic heterocycles. The molecule has 0 radical (unpaired) electrons. The fourth-order valence-electron chi connectivity index (χ4n) is 2.71. The van der Waals surface area contributed by atoms with Gasteiger partial charge in [0.15, 0.2) is 5.76 Å². The molecule has 1 amide bonds. The van der Waals surface area contributed by atoms with Gasteiger partial charge in [0, 0.05) is 18.5 Å². The lowest BCUT2D eigenvalue weighted by Gasteiger charge is -2.23. The molecule has 0 saturated carbocycles. The van der Waals surface area contributed by atoms with Gasteiger partial charge < -0.3 is 19.1 Å². The molecule has 2 rings (SSSR count). The number of amides is 1. The summed E-state index contributed by atoms with van der Waals surface area (Å²) in [7, 11) is 8.21. The van der Waals surface area contributed by atoms with Gasteiger partial charge in [0.1, 0.15) is 5.58 Å². The molecule has 24 heavy (non-hydrogen) atoms. The first-order valence-corrected chi connectivity index (χ1v) is 8.54. The molecule has 0 aliphatic rings. The molecule has 0 N–H and O–H groups in total. The zero-order chi connectivity index (χ0) is 17.5. The van der Waals surface area contributed by atoms with Crippen molar-refractivity contribution in [1.82, 2.24) is 14.7 Å². The first-order chi connectivity index (χ1) is 11.5. The summed E-state index contributed by atoms with van der Waals surface area (Å²) in [6.07, 6.45) is 1.92. The van der Waals surface area contributed by atoms with E-state index in [0.29, 0.717) is 5.76 Å². The molecule has 1 heterocycles. The van der Waals surface area contributed by atoms with E-state index >= 15 is 0 Å². The molecular formula is C19H29N3O2. The van der Waals surface area contributed by atoms with Gasteiger partial charge in [-0.15, -0.1) is 0 Å². The monoisotopic (exact) mass is 331 g/mol. The standard InChI is InChI=1S/C19H29N3O2/c1-20(2)11-7-13-22(14-8-12-21(3)4)19(23)18-15-16-9-5-6-10-17(16)24-18/h5-6,9-10,15H,7-8,11-14H2,1-4H3. The van der Waals surface area contributed by atoms with Crippen molar-refractivity contribution in [3.63, 3.8) is 0 Å². The quantitative estimate of drug-likeness (QED) is 0.708. The number of hydrogen-bond acceptors (Lipinski definition) is 4. The molecule has 5 nitrogen and oxygen atoms in total. The lowest BCUT2D eigenvalue weighted by atomic mass is 10.2. The van der Waals surface area contributed by atoms with Gasteiger partial charge in [-0.3, -0.25) is 4.79 Å². The second kappa shape index (κ2) is 8.85. The largest absolute Gasteiger partial charge is 0.451 e. The zero-order valence-corrected chi connectivity index (χ0v) is 15.3. The summed E-state index contributed by atoms with van der Waals surface area (Å²) in [5.41, 5.74) is 0.766. The molecule has 0 bridgehead atoms. The Kier molecular flexibility index (Phi) is 6.82. The van der Waals surface area contributed by atoms with E-state index in [1.807, 2.05) is 35.2 Å². The molecule has 0 saturated heterocycles. The van der Waals surface area contributed by atoms with E-state index in [1.54, 1.807) is 0 Å². The first-order valence-electron chi connectivity index (χ1n) is 8.54. The fraction of sp³-hybridized carbons (Fsp3) is 0.526. The van der Waals surface area contributed by atoms with Crippen molar-refractivity contribution in [2.24, 2.45) is 0 Å². The van der Waals surface area contributed by atoms with Gasteiger partial charge in [-0.25, -0.2) is 0 Å². The number of benzene rings is 1. The Hall–Kier alpha value is -1.85. The fourth-order valence-corrected chi connectivity index (χ4v) is 2.71. The molecule has 132 valence electrons. The van der Waals surface area contributed by atoms with Gasteiger partial charge in [0.05, 0.1) is 0 Å². The number of hydrogen-bond donors (Lipinski definition) is 0. The number of carbonyl (C=O) groups excluding carboxylic acids is 1. The Morgan fingerprint density at radius 2 is 1.50 bits per heavy atom. The summed E-state index contributed by atoms with van der Waals surface area (Å²) in [4.78, 5) is 19.1. The normalized spacial score (nSPS) is 11.6. The second-order valence-electron chi connectivity index (χ2n) is 6.75. The van der Waals surface area contributed by atoms with Gasteiger partial charge >= 0.3 is 0 Å². The van der Waals surface area contributed by atoms with E-state index in [9.17, 15) is 4.79 Å². The van der Waals surface area contributed by atoms with E-state index in [4.69, 9.17) is 4.42 Å². The molecule has 0 fully saturated rings. The van der Waals surface area contributed by atoms with Crippen LogP contribution in [0.2, 0.25) is 0 Å². The highest BCUT2D eigenvalue weighted by Crippen LogP contribution is 2.20. The van der Waals surface area contributed by atoms with E-state index in [1.165, 1.54) is 0 Å². The molecule has 0 aliphatic heterocycles. The van der Waals surface area contributed by atoms with Crippen LogP contribution in [0.1, 0.15) is 23.4 Å². The Balaban J connectivity index is 2.06. The van der Waals surface area contributed by atoms with Crippen LogP contribution in [0.5, 0.6) is 0 Å². The van der Waals surface area contributed by atoms with E-state index in [-0.39, 0.29) is 5.91 Å². The highest BCUT2D eigenvalue weighted by molar-refractivity contribution is 5.96. The van der Waals surface area contributed by atoms with Crippen molar-refractivity contribution < 1.29 is 9.21 Å². The van der Waals surface area contributed by atoms with E-state index < -0.39 is 0 Å². The SMILES string of the molecule is CN(C)CCCN(CCCN(C)C)C(=O)c1cc2ccccc2o1. The average Bonchev–Trinajstić information content (AvgIpc) is 2.96. The van der Waals surface area contributed by atoms with Crippen LogP contribution in [-0.2, 0) is 0 Å². The number of para-hydroxylation sites is 1. The predicted molar refractivity (Wildman–Crippen MR) is 98.5 cm³/mol. The molecule has 2 aromatic rings. The van der Waals surface area contributed by atoms with Crippen molar-refractivity contribution in [2.45, 2.75) is 12.8 Å². The van der Waals surface area contributed by atoms with Crippen LogP contribution in [0.3, 0.4) is 0 Å². The predicted octanol–water partition coefficient (Wildman–Crippen LogP) is 2.78. The minimum absolute atomic E-state index is 0.0105. The highest BCUT2D eigenvalue weighted by atomic mass is 16.3. The molecule has 0 atom stereocenters. The topological polar surface area (TPSA) is 39.9 Å². The van der Waals surface area contributed by atoms with Crippen LogP contribution in [0.25, 0.3) is 11.0 Å². The van der Waals surface area contributed by atoms with Gasteiger partial charge in [0.2, 0.25) is 0 Å². The second-order valence-corrected chi connectivity index (χ2v) is 6.75. The number of carbonyl (C=O) groups is 1. The van der Waals surface area contributed by atoms with Crippen molar-refractivity contribution in [1.29, 1.82) is 0 Å². The van der Waals surface area contributed by atoms with Crippen LogP contribution < -0.4 is 0 Å². The first kappa shape index (κ1) is 18.5. The van der Waals surface area contributed by atoms with Gasteiger partial charge in [-0.05, 0) is 66.3 Å². The summed E-state index contributed by atoms with van der Waals surface area (Å²) >= 11 is 0. The van der Waals surface area contributed by atoms with Gasteiger partial charge in [0.25, 0.3) is 5.91 Å². The van der Waals surface area contributed by atoms with Crippen molar-refractivity contribution in [3.8, 4) is 0 Å². The maximum Gasteiger partial charge on any atom is 0.289 e. The Morgan fingerprint density at radius 3 is 2.04 bits per heavy atom. The van der Waals surface area contributed by atoms with E-state index in [0.717, 1.165) is 50.0 Å². The lowest BCUT2D eigenvalue weighted by molar-refractivity contribution is 0.0715. The average molecular weight is 331 g/mol. The molecular weight excluding hydrogens is 302 g/mol. The summed E-state index contributed by atoms with van der Waals surface area (Å²) in [5, 5.41) is 0.974. The van der Waals surface area contributed by atoms with Crippen molar-refractivity contribution in [2.75, 3.05) is 54.4 Å². The summed E-state index contributed by atoms with van der Waals surface area (Å²) in [6.45, 7) is 3.44. The molecule has 0 unspecified atom stereocenters. The van der Waals surface area contributed by atoms with Crippen LogP contribution in [0, 0.1) is 0 Å². The van der Waals surface area contributed by atoms with Crippen LogP contribution in [0.4, 0.5) is 0 Å². The van der Waals surface area contributed by atoms with Crippen LogP contribution in [0.15, 0.2) is 34.7 Å². The number of nitrogens with zero attached hydrogens (tertiary/aromatic N) is 3. The third kappa shape index (κ3) is 5.35. The Labute approximate surface area is 144 Å². The van der Waals surface area contributed by atoms with Crippen molar-refractivity contribution in [3.05, 3.63) is 36.1 Å². The number of fused-ring (bicyclic) bond motifs is 1. The summed E-state index contributed by atoms with van der Waals surface area (Å²) in [6, 6.07) is 9.60. The molecule has 0 aliphatic carbocycles. The molecule has 1 aromatic carbocycles. The maximum atomic E-state index is 12.9. The highest BCUT2D eigenvalue weighted by Gasteiger charge is 2.19. The third-order valence-corrected chi connectivity index (χ3v) is 3.99. The minimum Gasteiger partial charge on any atom is -0.451 e. The van der Waals surface area contributed by atoms with Crippen molar-refractivity contribution >= 4 is 16.9 Å². The molecule has 5 heteroatoms. The summed E-state index contributed by atoms with van der Waals surface area (Å²) < 4.78 is 5.75. The third-order valence-electron chi connectivity index (χ3n) is 3.99. The zero-order valence-electron chi connectivity index (χ0n) is 15.3. The molecule has 0 spiro atoms. The summed E-state index contributed by atoms with van der Waals surface area (Å²) in [5.74, 6) is 0.426. The van der Waals surface area contributed by atoms with Crippen LogP contribution in [-0.4, -0.2) is 75.0 Å². The maximum absolute atomic E-state index is 12.9. The lowest BCUT2D eigenvalue weighted by Crippen LogP contribution is -2.35.